The van der Waals surface area contributed by atoms with Crippen LogP contribution in [0.25, 0.3) is 0 Å². The van der Waals surface area contributed by atoms with Gasteiger partial charge in [0.25, 0.3) is 0 Å². The molecule has 0 bridgehead atoms. The summed E-state index contributed by atoms with van der Waals surface area (Å²) in [7, 11) is 1.74. The molecule has 0 aromatic rings. The number of aliphatic hydroxyl groups excluding tert-OH is 1. The van der Waals surface area contributed by atoms with Crippen LogP contribution in [0.15, 0.2) is 0 Å². The third-order valence-corrected chi connectivity index (χ3v) is 3.59. The summed E-state index contributed by atoms with van der Waals surface area (Å²) in [6.07, 6.45) is 1.67. The van der Waals surface area contributed by atoms with Crippen LogP contribution in [-0.2, 0) is 9.53 Å². The monoisotopic (exact) mass is 302 g/mol. The smallest absolute Gasteiger partial charge is 0.319 e. The van der Waals surface area contributed by atoms with Crippen LogP contribution >= 0.6 is 0 Å². The summed E-state index contributed by atoms with van der Waals surface area (Å²) in [4.78, 5) is 26.0. The van der Waals surface area contributed by atoms with E-state index >= 15 is 0 Å². The van der Waals surface area contributed by atoms with Crippen molar-refractivity contribution in [3.63, 3.8) is 0 Å². The third-order valence-electron chi connectivity index (χ3n) is 3.59. The predicted octanol–water partition coefficient (Wildman–Crippen LogP) is 0.765. The van der Waals surface area contributed by atoms with Crippen LogP contribution < -0.4 is 0 Å². The van der Waals surface area contributed by atoms with E-state index in [0.717, 1.165) is 12.8 Å². The number of carbonyl (C=O) groups is 2. The van der Waals surface area contributed by atoms with Crippen LogP contribution in [0.5, 0.6) is 0 Å². The van der Waals surface area contributed by atoms with E-state index in [0.29, 0.717) is 26.1 Å². The van der Waals surface area contributed by atoms with Crippen molar-refractivity contribution in [3.8, 4) is 0 Å². The molecule has 21 heavy (non-hydrogen) atoms. The zero-order chi connectivity index (χ0) is 15.8. The predicted molar refractivity (Wildman–Crippen MR) is 77.1 cm³/mol. The number of ether oxygens (including phenoxy) is 1. The maximum Gasteiger partial charge on any atom is 0.319 e. The molecular weight excluding hydrogens is 276 g/mol. The molecule has 7 nitrogen and oxygen atoms in total. The molecule has 1 rings (SSSR count). The first kappa shape index (κ1) is 17.7. The van der Waals surface area contributed by atoms with E-state index in [-0.39, 0.29) is 25.2 Å². The van der Waals surface area contributed by atoms with Gasteiger partial charge in [0.2, 0.25) is 0 Å². The van der Waals surface area contributed by atoms with Gasteiger partial charge >= 0.3 is 12.0 Å². The minimum Gasteiger partial charge on any atom is -0.481 e. The number of hydrogen-bond donors (Lipinski definition) is 2. The quantitative estimate of drug-likeness (QED) is 0.725. The molecule has 1 aliphatic heterocycles. The fourth-order valence-corrected chi connectivity index (χ4v) is 2.24. The molecule has 2 amide bonds. The number of aliphatic hydroxyl groups is 1. The highest BCUT2D eigenvalue weighted by atomic mass is 16.5. The lowest BCUT2D eigenvalue weighted by molar-refractivity contribution is -0.138. The Balaban J connectivity index is 2.25. The molecule has 0 aliphatic carbocycles. The molecule has 0 aromatic heterocycles. The topological polar surface area (TPSA) is 90.3 Å². The van der Waals surface area contributed by atoms with Crippen molar-refractivity contribution in [3.05, 3.63) is 0 Å². The number of hydrogen-bond acceptors (Lipinski definition) is 4. The Kier molecular flexibility index (Phi) is 7.45. The molecule has 1 saturated heterocycles. The van der Waals surface area contributed by atoms with Crippen LogP contribution in [0.2, 0.25) is 0 Å². The maximum absolute atomic E-state index is 12.2. The molecule has 0 saturated carbocycles. The number of urea groups is 1. The van der Waals surface area contributed by atoms with Crippen LogP contribution in [0.1, 0.15) is 32.6 Å². The number of nitrogens with zero attached hydrogens (tertiary/aromatic N) is 2. The Morgan fingerprint density at radius 3 is 2.52 bits per heavy atom. The second-order valence-corrected chi connectivity index (χ2v) is 5.54. The number of carboxylic acid groups (broad SMARTS) is 1. The van der Waals surface area contributed by atoms with Crippen LogP contribution in [0.3, 0.4) is 0 Å². The number of amides is 2. The Morgan fingerprint density at radius 2 is 2.00 bits per heavy atom. The van der Waals surface area contributed by atoms with Gasteiger partial charge in [-0.2, -0.15) is 0 Å². The van der Waals surface area contributed by atoms with Crippen molar-refractivity contribution in [1.29, 1.82) is 0 Å². The molecule has 1 heterocycles. The summed E-state index contributed by atoms with van der Waals surface area (Å²) >= 11 is 0. The Labute approximate surface area is 125 Å². The Bertz CT molecular complexity index is 340. The molecule has 1 fully saturated rings. The van der Waals surface area contributed by atoms with Crippen molar-refractivity contribution in [2.45, 2.75) is 44.8 Å². The highest BCUT2D eigenvalue weighted by Crippen LogP contribution is 2.15. The van der Waals surface area contributed by atoms with Crippen LogP contribution in [-0.4, -0.2) is 77.5 Å². The van der Waals surface area contributed by atoms with Crippen molar-refractivity contribution in [2.24, 2.45) is 0 Å². The number of carbonyl (C=O) groups excluding carboxylic acids is 1. The van der Waals surface area contributed by atoms with Gasteiger partial charge < -0.3 is 24.7 Å². The number of aliphatic carboxylic acids is 1. The van der Waals surface area contributed by atoms with Crippen molar-refractivity contribution < 1.29 is 24.5 Å². The lowest BCUT2D eigenvalue weighted by Gasteiger charge is -2.34. The molecule has 2 N–H and O–H groups in total. The Morgan fingerprint density at radius 1 is 1.38 bits per heavy atom. The summed E-state index contributed by atoms with van der Waals surface area (Å²) in [5.41, 5.74) is 0. The van der Waals surface area contributed by atoms with E-state index in [1.165, 1.54) is 0 Å². The number of carboxylic acids is 1. The number of rotatable bonds is 7. The molecule has 0 spiro atoms. The van der Waals surface area contributed by atoms with E-state index in [9.17, 15) is 14.7 Å². The molecule has 122 valence electrons. The van der Waals surface area contributed by atoms with Crippen LogP contribution in [0, 0.1) is 0 Å². The molecule has 7 heteroatoms. The van der Waals surface area contributed by atoms with Gasteiger partial charge in [-0.25, -0.2) is 4.79 Å². The first-order chi connectivity index (χ1) is 9.90. The average molecular weight is 302 g/mol. The van der Waals surface area contributed by atoms with Crippen molar-refractivity contribution in [1.82, 2.24) is 9.80 Å². The van der Waals surface area contributed by atoms with E-state index in [2.05, 4.69) is 0 Å². The molecule has 1 atom stereocenters. The van der Waals surface area contributed by atoms with Gasteiger partial charge in [-0.15, -0.1) is 0 Å². The highest BCUT2D eigenvalue weighted by Gasteiger charge is 2.25. The standard InChI is InChI=1S/C14H26N2O5/c1-11(17)3-7-15(2)14(20)16-8-4-12(5-9-16)21-10-6-13(18)19/h11-12,17H,3-10H2,1-2H3,(H,18,19). The lowest BCUT2D eigenvalue weighted by Crippen LogP contribution is -2.47. The molecule has 1 unspecified atom stereocenters. The van der Waals surface area contributed by atoms with Crippen molar-refractivity contribution >= 4 is 12.0 Å². The fraction of sp³-hybridized carbons (Fsp3) is 0.857. The van der Waals surface area contributed by atoms with Gasteiger partial charge in [0, 0.05) is 26.7 Å². The number of likely N-dealkylation sites (tertiary alicyclic amines) is 1. The fourth-order valence-electron chi connectivity index (χ4n) is 2.24. The van der Waals surface area contributed by atoms with Crippen LogP contribution in [0.4, 0.5) is 4.79 Å². The van der Waals surface area contributed by atoms with Crippen molar-refractivity contribution in [2.75, 3.05) is 33.3 Å². The average Bonchev–Trinajstić information content (AvgIpc) is 2.44. The summed E-state index contributed by atoms with van der Waals surface area (Å²) in [6.45, 7) is 3.71. The van der Waals surface area contributed by atoms with Gasteiger partial charge in [0.05, 0.1) is 25.2 Å². The SMILES string of the molecule is CC(O)CCN(C)C(=O)N1CCC(OCCC(=O)O)CC1. The summed E-state index contributed by atoms with van der Waals surface area (Å²) in [6, 6.07) is -0.0281. The van der Waals surface area contributed by atoms with Gasteiger partial charge in [-0.1, -0.05) is 0 Å². The Hall–Kier alpha value is -1.34. The molecule has 1 aliphatic rings. The summed E-state index contributed by atoms with van der Waals surface area (Å²) < 4.78 is 5.50. The summed E-state index contributed by atoms with van der Waals surface area (Å²) in [5, 5.41) is 17.8. The zero-order valence-corrected chi connectivity index (χ0v) is 12.8. The minimum absolute atomic E-state index is 0.0151. The lowest BCUT2D eigenvalue weighted by atomic mass is 10.1. The van der Waals surface area contributed by atoms with E-state index in [1.807, 2.05) is 0 Å². The van der Waals surface area contributed by atoms with Gasteiger partial charge in [-0.05, 0) is 26.2 Å². The molecule has 0 radical (unpaired) electrons. The number of piperidine rings is 1. The highest BCUT2D eigenvalue weighted by molar-refractivity contribution is 5.74. The molecular formula is C14H26N2O5. The maximum atomic E-state index is 12.2. The van der Waals surface area contributed by atoms with Gasteiger partial charge in [0.15, 0.2) is 0 Å². The van der Waals surface area contributed by atoms with Gasteiger partial charge in [0.1, 0.15) is 0 Å². The largest absolute Gasteiger partial charge is 0.481 e. The van der Waals surface area contributed by atoms with E-state index < -0.39 is 12.1 Å². The first-order valence-corrected chi connectivity index (χ1v) is 7.41. The summed E-state index contributed by atoms with van der Waals surface area (Å²) in [5.74, 6) is -0.859. The van der Waals surface area contributed by atoms with Gasteiger partial charge in [-0.3, -0.25) is 4.79 Å². The third kappa shape index (κ3) is 6.77. The van der Waals surface area contributed by atoms with E-state index in [4.69, 9.17) is 9.84 Å². The second kappa shape index (κ2) is 8.84. The normalized spacial score (nSPS) is 17.6. The first-order valence-electron chi connectivity index (χ1n) is 7.41. The zero-order valence-electron chi connectivity index (χ0n) is 12.8. The molecule has 0 aromatic carbocycles. The van der Waals surface area contributed by atoms with E-state index in [1.54, 1.807) is 23.8 Å². The second-order valence-electron chi connectivity index (χ2n) is 5.54. The minimum atomic E-state index is -0.859.